The van der Waals surface area contributed by atoms with Gasteiger partial charge in [-0.25, -0.2) is 0 Å². The molecule has 1 aromatic carbocycles. The Hall–Kier alpha value is -5.47. The van der Waals surface area contributed by atoms with Crippen molar-refractivity contribution in [2.75, 3.05) is 26.2 Å². The van der Waals surface area contributed by atoms with E-state index in [0.29, 0.717) is 11.3 Å². The van der Waals surface area contributed by atoms with Crippen molar-refractivity contribution in [2.45, 2.75) is 67.3 Å². The number of carbonyl (C=O) groups excluding carboxylic acids is 5. The highest BCUT2D eigenvalue weighted by Crippen LogP contribution is 2.13. The Kier molecular flexibility index (Phi) is 48.1. The van der Waals surface area contributed by atoms with Gasteiger partial charge < -0.3 is 31.7 Å². The molecule has 2 bridgehead atoms. The molecule has 0 radical (unpaired) electrons. The Morgan fingerprint density at radius 2 is 1.17 bits per heavy atom. The molecule has 1 aromatic rings. The predicted molar refractivity (Wildman–Crippen MR) is 189 cm³/mol. The number of fused-ring (bicyclic) bond motifs is 16. The van der Waals surface area contributed by atoms with E-state index in [4.69, 9.17) is 10.5 Å². The Balaban J connectivity index is -0.000000187. The number of nitrogens with two attached hydrogens (primary N) is 1. The topological polar surface area (TPSA) is 169 Å². The molecule has 2 aliphatic heterocycles. The minimum atomic E-state index is -0.969. The lowest BCUT2D eigenvalue weighted by atomic mass is 10.1. The molecule has 0 unspecified atom stereocenters. The smallest absolute Gasteiger partial charge is 0.258 e. The van der Waals surface area contributed by atoms with Crippen molar-refractivity contribution in [2.24, 2.45) is 5.73 Å². The minimum Gasteiger partial charge on any atom is -0.484 e. The average molecular weight is 642 g/mol. The van der Waals surface area contributed by atoms with Gasteiger partial charge in [0.1, 0.15) is 11.8 Å². The summed E-state index contributed by atoms with van der Waals surface area (Å²) < 4.78 is 5.31. The van der Waals surface area contributed by atoms with E-state index in [1.165, 1.54) is 12.0 Å². The zero-order valence-corrected chi connectivity index (χ0v) is 28.6. The SMILES string of the molecule is C#C.C#C.C#C.C=C(C)C.C=CC.CC.CCC.NC(=O)[C@@H]1Cc2ccc(cc2)OCC(=O)NCC(=O)NCC(=O)NCC(=O)N1. The maximum absolute atomic E-state index is 11.9. The number of rotatable bonds is 1. The average Bonchev–Trinajstić information content (AvgIpc) is 3.05. The lowest BCUT2D eigenvalue weighted by molar-refractivity contribution is -0.129. The van der Waals surface area contributed by atoms with E-state index in [1.807, 2.05) is 34.6 Å². The summed E-state index contributed by atoms with van der Waals surface area (Å²) in [5.41, 5.74) is 7.20. The second-order valence-electron chi connectivity index (χ2n) is 8.31. The number of nitrogens with one attached hydrogen (secondary N) is 4. The van der Waals surface area contributed by atoms with Crippen molar-refractivity contribution >= 4 is 29.5 Å². The molecule has 0 spiro atoms. The van der Waals surface area contributed by atoms with Gasteiger partial charge >= 0.3 is 0 Å². The molecule has 0 aromatic heterocycles. The van der Waals surface area contributed by atoms with Gasteiger partial charge in [-0.05, 0) is 38.5 Å². The number of ether oxygens (including phenoxy) is 1. The van der Waals surface area contributed by atoms with E-state index in [1.54, 1.807) is 30.3 Å². The number of allylic oxidation sites excluding steroid dienone is 2. The largest absolute Gasteiger partial charge is 0.484 e. The van der Waals surface area contributed by atoms with Crippen LogP contribution in [0.1, 0.15) is 60.5 Å². The zero-order valence-electron chi connectivity index (χ0n) is 28.6. The number of amides is 5. The van der Waals surface area contributed by atoms with Gasteiger partial charge in [-0.1, -0.05) is 57.9 Å². The minimum absolute atomic E-state index is 0.145. The lowest BCUT2D eigenvalue weighted by Gasteiger charge is -2.16. The fourth-order valence-corrected chi connectivity index (χ4v) is 2.29. The molecule has 0 fully saturated rings. The van der Waals surface area contributed by atoms with Crippen molar-refractivity contribution in [1.82, 2.24) is 21.3 Å². The summed E-state index contributed by atoms with van der Waals surface area (Å²) in [6.07, 6.45) is 27.1. The molecule has 2 aliphatic rings. The van der Waals surface area contributed by atoms with E-state index >= 15 is 0 Å². The summed E-state index contributed by atoms with van der Waals surface area (Å²) in [7, 11) is 0. The van der Waals surface area contributed by atoms with E-state index in [9.17, 15) is 24.0 Å². The Labute approximate surface area is 277 Å². The van der Waals surface area contributed by atoms with Crippen LogP contribution in [0.25, 0.3) is 0 Å². The third-order valence-electron chi connectivity index (χ3n) is 3.75. The molecule has 6 N–H and O–H groups in total. The number of carbonyl (C=O) groups is 5. The molecule has 256 valence electrons. The van der Waals surface area contributed by atoms with Crippen LogP contribution in [0.5, 0.6) is 5.75 Å². The Morgan fingerprint density at radius 1 is 0.848 bits per heavy atom. The Morgan fingerprint density at radius 3 is 1.52 bits per heavy atom. The van der Waals surface area contributed by atoms with Gasteiger partial charge in [0.2, 0.25) is 23.6 Å². The first-order valence-electron chi connectivity index (χ1n) is 14.2. The molecule has 0 saturated carbocycles. The number of primary amides is 1. The van der Waals surface area contributed by atoms with Crippen LogP contribution < -0.4 is 31.7 Å². The lowest BCUT2D eigenvalue weighted by Crippen LogP contribution is -2.50. The highest BCUT2D eigenvalue weighted by atomic mass is 16.5. The van der Waals surface area contributed by atoms with E-state index < -0.39 is 35.6 Å². The molecule has 2 heterocycles. The molecule has 0 aliphatic carbocycles. The van der Waals surface area contributed by atoms with Crippen molar-refractivity contribution in [3.63, 3.8) is 0 Å². The molecular formula is C35H55N5O6. The molecule has 3 rings (SSSR count). The van der Waals surface area contributed by atoms with Crippen molar-refractivity contribution in [1.29, 1.82) is 0 Å². The monoisotopic (exact) mass is 641 g/mol. The van der Waals surface area contributed by atoms with Gasteiger partial charge in [-0.3, -0.25) is 24.0 Å². The highest BCUT2D eigenvalue weighted by molar-refractivity contribution is 5.91. The number of hydrogen-bond donors (Lipinski definition) is 5. The summed E-state index contributed by atoms with van der Waals surface area (Å²) in [4.78, 5) is 58.5. The van der Waals surface area contributed by atoms with E-state index in [0.717, 1.165) is 0 Å². The van der Waals surface area contributed by atoms with Gasteiger partial charge in [-0.15, -0.1) is 51.7 Å². The number of hydrogen-bond acceptors (Lipinski definition) is 6. The maximum atomic E-state index is 11.9. The van der Waals surface area contributed by atoms with Crippen LogP contribution in [0, 0.1) is 38.5 Å². The summed E-state index contributed by atoms with van der Waals surface area (Å²) in [5.74, 6) is -2.62. The molecule has 0 saturated heterocycles. The second-order valence-corrected chi connectivity index (χ2v) is 8.31. The highest BCUT2D eigenvalue weighted by Gasteiger charge is 2.19. The maximum Gasteiger partial charge on any atom is 0.258 e. The van der Waals surface area contributed by atoms with Crippen molar-refractivity contribution in [3.8, 4) is 44.3 Å². The number of terminal acetylenes is 3. The molecule has 46 heavy (non-hydrogen) atoms. The summed E-state index contributed by atoms with van der Waals surface area (Å²) in [5, 5.41) is 9.40. The van der Waals surface area contributed by atoms with E-state index in [2.05, 4.69) is 86.8 Å². The standard InChI is InChI=1S/C17H21N5O6.C4H8.C3H8.C3H6.C2H6.3C2H2/c18-17(27)12-5-10-1-3-11(4-2-10)28-9-16(26)21-7-14(24)19-6-13(23)20-8-15(25)22-12;1-4(2)3;2*1-3-2;4*1-2/h1-4,12H,5-9H2,(H2,18,27)(H,19,24)(H,20,23)(H,21,26)(H,22,25);1H2,2-3H3;3H2,1-2H3;3H,1H2,2H3;1-2H3;3*1-2H/t12-;;;;;;;/m0......./s1. The third-order valence-corrected chi connectivity index (χ3v) is 3.75. The molecule has 1 atom stereocenters. The third kappa shape index (κ3) is 40.7. The van der Waals surface area contributed by atoms with Gasteiger partial charge in [-0.2, -0.15) is 0 Å². The predicted octanol–water partition coefficient (Wildman–Crippen LogP) is 2.91. The van der Waals surface area contributed by atoms with Crippen molar-refractivity contribution in [3.05, 3.63) is 54.6 Å². The first-order chi connectivity index (χ1) is 21.9. The quantitative estimate of drug-likeness (QED) is 0.180. The van der Waals surface area contributed by atoms with Gasteiger partial charge in [0.15, 0.2) is 6.61 Å². The summed E-state index contributed by atoms with van der Waals surface area (Å²) in [6.45, 7) is 19.6. The molecule has 11 nitrogen and oxygen atoms in total. The molecule has 5 amide bonds. The first-order valence-corrected chi connectivity index (χ1v) is 14.2. The van der Waals surface area contributed by atoms with Gasteiger partial charge in [0.25, 0.3) is 5.91 Å². The fourth-order valence-electron chi connectivity index (χ4n) is 2.29. The summed E-state index contributed by atoms with van der Waals surface area (Å²) >= 11 is 0. The van der Waals surface area contributed by atoms with Gasteiger partial charge in [0, 0.05) is 6.42 Å². The zero-order chi connectivity index (χ0) is 37.5. The second kappa shape index (κ2) is 41.7. The summed E-state index contributed by atoms with van der Waals surface area (Å²) in [6, 6.07) is 5.56. The van der Waals surface area contributed by atoms with Crippen LogP contribution in [0.3, 0.4) is 0 Å². The van der Waals surface area contributed by atoms with Crippen LogP contribution in [-0.2, 0) is 30.4 Å². The van der Waals surface area contributed by atoms with E-state index in [-0.39, 0.29) is 32.7 Å². The van der Waals surface area contributed by atoms with Crippen LogP contribution in [0.15, 0.2) is 49.1 Å². The van der Waals surface area contributed by atoms with Crippen molar-refractivity contribution < 1.29 is 28.7 Å². The van der Waals surface area contributed by atoms with Crippen LogP contribution in [0.4, 0.5) is 0 Å². The van der Waals surface area contributed by atoms with Crippen LogP contribution in [0.2, 0.25) is 0 Å². The van der Waals surface area contributed by atoms with Crippen LogP contribution in [-0.4, -0.2) is 61.8 Å². The molecular weight excluding hydrogens is 586 g/mol. The normalized spacial score (nSPS) is 13.5. The number of benzene rings is 1. The molecule has 11 heteroatoms. The van der Waals surface area contributed by atoms with Crippen LogP contribution >= 0.6 is 0 Å². The Bertz CT molecular complexity index is 1030. The first kappa shape index (κ1) is 53.1. The van der Waals surface area contributed by atoms with Gasteiger partial charge in [0.05, 0.1) is 19.6 Å². The fraction of sp³-hybridized carbons (Fsp3) is 0.400.